The Hall–Kier alpha value is -1.68. The molecule has 1 amide bonds. The Balaban J connectivity index is 2.55. The second kappa shape index (κ2) is 6.15. The van der Waals surface area contributed by atoms with E-state index in [1.807, 2.05) is 30.3 Å². The predicted octanol–water partition coefficient (Wildman–Crippen LogP) is 0.604. The summed E-state index contributed by atoms with van der Waals surface area (Å²) >= 11 is 0. The number of carbonyl (C=O) groups excluding carboxylic acids is 2. The van der Waals surface area contributed by atoms with Crippen molar-refractivity contribution in [3.63, 3.8) is 0 Å². The molecule has 0 saturated carbocycles. The highest BCUT2D eigenvalue weighted by Gasteiger charge is 2.18. The van der Waals surface area contributed by atoms with Gasteiger partial charge in [0.15, 0.2) is 0 Å². The Kier molecular flexibility index (Phi) is 4.84. The van der Waals surface area contributed by atoms with Gasteiger partial charge in [-0.25, -0.2) is 0 Å². The van der Waals surface area contributed by atoms with Crippen LogP contribution in [0.1, 0.15) is 12.5 Å². The Morgan fingerprint density at radius 1 is 1.29 bits per heavy atom. The molecular formula is C13H18N2O2. The summed E-state index contributed by atoms with van der Waals surface area (Å²) in [6, 6.07) is 8.99. The minimum Gasteiger partial charge on any atom is -0.337 e. The molecule has 92 valence electrons. The number of nitrogens with zero attached hydrogens (tertiary/aromatic N) is 1. The molecule has 1 rings (SSSR count). The van der Waals surface area contributed by atoms with Gasteiger partial charge < -0.3 is 10.6 Å². The normalized spacial score (nSPS) is 11.9. The van der Waals surface area contributed by atoms with Crippen molar-refractivity contribution in [2.45, 2.75) is 19.4 Å². The molecule has 0 aliphatic heterocycles. The smallest absolute Gasteiger partial charge is 0.239 e. The van der Waals surface area contributed by atoms with E-state index in [0.29, 0.717) is 6.42 Å². The number of nitrogens with two attached hydrogens (primary N) is 1. The molecule has 0 aliphatic rings. The van der Waals surface area contributed by atoms with Gasteiger partial charge in [-0.3, -0.25) is 9.59 Å². The second-order valence-corrected chi connectivity index (χ2v) is 4.19. The van der Waals surface area contributed by atoms with Crippen LogP contribution in [0.25, 0.3) is 0 Å². The first-order chi connectivity index (χ1) is 8.00. The lowest BCUT2D eigenvalue weighted by Gasteiger charge is -2.20. The number of hydrogen-bond donors (Lipinski definition) is 1. The van der Waals surface area contributed by atoms with Crippen molar-refractivity contribution in [1.29, 1.82) is 0 Å². The van der Waals surface area contributed by atoms with Crippen molar-refractivity contribution in [3.05, 3.63) is 35.9 Å². The summed E-state index contributed by atoms with van der Waals surface area (Å²) in [5.74, 6) is -0.253. The zero-order valence-corrected chi connectivity index (χ0v) is 10.2. The third-order valence-electron chi connectivity index (χ3n) is 2.45. The van der Waals surface area contributed by atoms with Crippen LogP contribution in [0, 0.1) is 0 Å². The summed E-state index contributed by atoms with van der Waals surface area (Å²) in [5.41, 5.74) is 6.84. The monoisotopic (exact) mass is 234 g/mol. The minimum absolute atomic E-state index is 0.0484. The summed E-state index contributed by atoms with van der Waals surface area (Å²) in [7, 11) is 1.59. The Morgan fingerprint density at radius 2 is 1.88 bits per heavy atom. The maximum atomic E-state index is 11.8. The van der Waals surface area contributed by atoms with Gasteiger partial charge >= 0.3 is 0 Å². The highest BCUT2D eigenvalue weighted by atomic mass is 16.2. The van der Waals surface area contributed by atoms with Crippen LogP contribution in [0.2, 0.25) is 0 Å². The van der Waals surface area contributed by atoms with Crippen molar-refractivity contribution in [2.75, 3.05) is 13.6 Å². The average Bonchev–Trinajstić information content (AvgIpc) is 2.28. The molecule has 0 aromatic heterocycles. The summed E-state index contributed by atoms with van der Waals surface area (Å²) in [6.45, 7) is 1.56. The fourth-order valence-electron chi connectivity index (χ4n) is 1.65. The molecule has 0 bridgehead atoms. The van der Waals surface area contributed by atoms with E-state index < -0.39 is 6.04 Å². The molecular weight excluding hydrogens is 216 g/mol. The predicted molar refractivity (Wildman–Crippen MR) is 66.4 cm³/mol. The number of Topliss-reactive ketones (excluding diaryl/α,β-unsaturated/α-hetero) is 1. The lowest BCUT2D eigenvalue weighted by Crippen LogP contribution is -2.44. The lowest BCUT2D eigenvalue weighted by molar-refractivity contribution is -0.134. The van der Waals surface area contributed by atoms with E-state index in [1.165, 1.54) is 11.8 Å². The van der Waals surface area contributed by atoms with E-state index in [1.54, 1.807) is 7.05 Å². The van der Waals surface area contributed by atoms with E-state index in [-0.39, 0.29) is 18.2 Å². The fraction of sp³-hybridized carbons (Fsp3) is 0.385. The Labute approximate surface area is 101 Å². The van der Waals surface area contributed by atoms with Gasteiger partial charge in [0.1, 0.15) is 5.78 Å². The maximum absolute atomic E-state index is 11.8. The number of likely N-dealkylation sites (N-methyl/N-ethyl adjacent to an activating group) is 1. The molecule has 1 unspecified atom stereocenters. The van der Waals surface area contributed by atoms with E-state index in [9.17, 15) is 9.59 Å². The molecule has 0 heterocycles. The van der Waals surface area contributed by atoms with Crippen LogP contribution < -0.4 is 5.73 Å². The molecule has 1 aromatic rings. The summed E-state index contributed by atoms with van der Waals surface area (Å²) in [6.07, 6.45) is 0.488. The number of ketones is 1. The van der Waals surface area contributed by atoms with E-state index in [2.05, 4.69) is 0 Å². The zero-order valence-electron chi connectivity index (χ0n) is 10.2. The largest absolute Gasteiger partial charge is 0.337 e. The summed E-state index contributed by atoms with van der Waals surface area (Å²) in [5, 5.41) is 0. The van der Waals surface area contributed by atoms with Crippen molar-refractivity contribution in [1.82, 2.24) is 4.90 Å². The van der Waals surface area contributed by atoms with Crippen molar-refractivity contribution in [2.24, 2.45) is 5.73 Å². The van der Waals surface area contributed by atoms with Crippen molar-refractivity contribution >= 4 is 11.7 Å². The van der Waals surface area contributed by atoms with Gasteiger partial charge in [0, 0.05) is 7.05 Å². The van der Waals surface area contributed by atoms with Crippen molar-refractivity contribution in [3.8, 4) is 0 Å². The van der Waals surface area contributed by atoms with Gasteiger partial charge in [-0.1, -0.05) is 30.3 Å². The standard InChI is InChI=1S/C13H18N2O2/c1-10(16)9-15(2)13(17)12(14)8-11-6-4-3-5-7-11/h3-7,12H,8-9,14H2,1-2H3. The fourth-order valence-corrected chi connectivity index (χ4v) is 1.65. The first kappa shape index (κ1) is 13.4. The highest BCUT2D eigenvalue weighted by molar-refractivity contribution is 5.87. The van der Waals surface area contributed by atoms with Gasteiger partial charge in [-0.15, -0.1) is 0 Å². The third-order valence-corrected chi connectivity index (χ3v) is 2.45. The van der Waals surface area contributed by atoms with E-state index >= 15 is 0 Å². The molecule has 4 heteroatoms. The topological polar surface area (TPSA) is 63.4 Å². The molecule has 4 nitrogen and oxygen atoms in total. The first-order valence-corrected chi connectivity index (χ1v) is 5.54. The van der Waals surface area contributed by atoms with Gasteiger partial charge in [-0.2, -0.15) is 0 Å². The van der Waals surface area contributed by atoms with Gasteiger partial charge in [0.25, 0.3) is 0 Å². The third kappa shape index (κ3) is 4.36. The number of amides is 1. The Morgan fingerprint density at radius 3 is 2.41 bits per heavy atom. The highest BCUT2D eigenvalue weighted by Crippen LogP contribution is 2.03. The van der Waals surface area contributed by atoms with Gasteiger partial charge in [0.2, 0.25) is 5.91 Å². The molecule has 0 aliphatic carbocycles. The van der Waals surface area contributed by atoms with E-state index in [4.69, 9.17) is 5.73 Å². The summed E-state index contributed by atoms with van der Waals surface area (Å²) in [4.78, 5) is 24.1. The molecule has 1 aromatic carbocycles. The average molecular weight is 234 g/mol. The molecule has 0 spiro atoms. The first-order valence-electron chi connectivity index (χ1n) is 5.54. The van der Waals surface area contributed by atoms with Gasteiger partial charge in [0.05, 0.1) is 12.6 Å². The number of hydrogen-bond acceptors (Lipinski definition) is 3. The minimum atomic E-state index is -0.596. The van der Waals surface area contributed by atoms with Crippen LogP contribution in [0.15, 0.2) is 30.3 Å². The van der Waals surface area contributed by atoms with E-state index in [0.717, 1.165) is 5.56 Å². The molecule has 0 radical (unpaired) electrons. The second-order valence-electron chi connectivity index (χ2n) is 4.19. The molecule has 0 fully saturated rings. The number of carbonyl (C=O) groups is 2. The van der Waals surface area contributed by atoms with Gasteiger partial charge in [-0.05, 0) is 18.9 Å². The molecule has 0 saturated heterocycles. The quantitative estimate of drug-likeness (QED) is 0.811. The SMILES string of the molecule is CC(=O)CN(C)C(=O)C(N)Cc1ccccc1. The van der Waals surface area contributed by atoms with Crippen molar-refractivity contribution < 1.29 is 9.59 Å². The zero-order chi connectivity index (χ0) is 12.8. The molecule has 1 atom stereocenters. The Bertz CT molecular complexity index is 390. The van der Waals surface area contributed by atoms with Crippen LogP contribution >= 0.6 is 0 Å². The van der Waals surface area contributed by atoms with Crippen LogP contribution in [-0.4, -0.2) is 36.2 Å². The summed E-state index contributed by atoms with van der Waals surface area (Å²) < 4.78 is 0. The van der Waals surface area contributed by atoms with Crippen LogP contribution in [0.4, 0.5) is 0 Å². The molecule has 2 N–H and O–H groups in total. The molecule has 17 heavy (non-hydrogen) atoms. The lowest BCUT2D eigenvalue weighted by atomic mass is 10.1. The maximum Gasteiger partial charge on any atom is 0.239 e. The number of rotatable bonds is 5. The van der Waals surface area contributed by atoms with Crippen LogP contribution in [0.3, 0.4) is 0 Å². The van der Waals surface area contributed by atoms with Crippen LogP contribution in [0.5, 0.6) is 0 Å². The van der Waals surface area contributed by atoms with Crippen LogP contribution in [-0.2, 0) is 16.0 Å². The number of benzene rings is 1.